The summed E-state index contributed by atoms with van der Waals surface area (Å²) in [5.41, 5.74) is 0. The summed E-state index contributed by atoms with van der Waals surface area (Å²) in [6.07, 6.45) is 0.451. The normalized spacial score (nSPS) is 12.8. The molecule has 76 valence electrons. The molecule has 0 bridgehead atoms. The van der Waals surface area contributed by atoms with Crippen LogP contribution in [-0.4, -0.2) is 29.7 Å². The van der Waals surface area contributed by atoms with Crippen LogP contribution in [0.4, 0.5) is 0 Å². The minimum absolute atomic E-state index is 0.0221. The molecule has 0 aliphatic heterocycles. The predicted molar refractivity (Wildman–Crippen MR) is 52.4 cm³/mol. The van der Waals surface area contributed by atoms with Gasteiger partial charge in [-0.15, -0.1) is 0 Å². The lowest BCUT2D eigenvalue weighted by Crippen LogP contribution is -2.44. The van der Waals surface area contributed by atoms with Crippen LogP contribution in [0.25, 0.3) is 0 Å². The van der Waals surface area contributed by atoms with Crippen molar-refractivity contribution < 1.29 is 9.59 Å². The number of nitrogens with zero attached hydrogens (tertiary/aromatic N) is 1. The summed E-state index contributed by atoms with van der Waals surface area (Å²) < 4.78 is 0. The minimum atomic E-state index is -0.271. The number of ketones is 1. The van der Waals surface area contributed by atoms with Crippen molar-refractivity contribution >= 4 is 11.7 Å². The van der Waals surface area contributed by atoms with E-state index in [0.29, 0.717) is 6.42 Å². The Balaban J connectivity index is 4.55. The molecule has 3 nitrogen and oxygen atoms in total. The van der Waals surface area contributed by atoms with Crippen LogP contribution >= 0.6 is 0 Å². The van der Waals surface area contributed by atoms with E-state index in [1.165, 1.54) is 6.92 Å². The smallest absolute Gasteiger partial charge is 0.222 e. The zero-order chi connectivity index (χ0) is 10.6. The maximum atomic E-state index is 11.3. The summed E-state index contributed by atoms with van der Waals surface area (Å²) in [6.45, 7) is 7.23. The largest absolute Gasteiger partial charge is 0.335 e. The lowest BCUT2D eigenvalue weighted by Gasteiger charge is -2.28. The van der Waals surface area contributed by atoms with Gasteiger partial charge in [0.1, 0.15) is 0 Å². The van der Waals surface area contributed by atoms with Crippen LogP contribution in [0.15, 0.2) is 0 Å². The fourth-order valence-corrected chi connectivity index (χ4v) is 1.59. The predicted octanol–water partition coefficient (Wildman–Crippen LogP) is 1.47. The summed E-state index contributed by atoms with van der Waals surface area (Å²) in [5, 5.41) is 0. The molecule has 0 heterocycles. The van der Waals surface area contributed by atoms with Crippen molar-refractivity contribution in [2.75, 3.05) is 7.05 Å². The van der Waals surface area contributed by atoms with E-state index in [-0.39, 0.29) is 23.7 Å². The first kappa shape index (κ1) is 12.1. The molecular weight excluding hydrogens is 166 g/mol. The fraction of sp³-hybridized carbons (Fsp3) is 0.800. The van der Waals surface area contributed by atoms with Gasteiger partial charge in [-0.05, 0) is 12.8 Å². The van der Waals surface area contributed by atoms with Gasteiger partial charge in [0.15, 0.2) is 5.78 Å². The number of carbonyl (C=O) groups excluding carboxylic acids is 2. The molecule has 3 heteroatoms. The highest BCUT2D eigenvalue weighted by atomic mass is 16.2. The second-order valence-electron chi connectivity index (χ2n) is 3.66. The van der Waals surface area contributed by atoms with Gasteiger partial charge in [-0.25, -0.2) is 0 Å². The van der Waals surface area contributed by atoms with Crippen LogP contribution in [0.1, 0.15) is 34.1 Å². The monoisotopic (exact) mass is 185 g/mol. The van der Waals surface area contributed by atoms with Gasteiger partial charge in [0, 0.05) is 13.5 Å². The molecule has 1 atom stereocenters. The third-order valence-electron chi connectivity index (χ3n) is 2.16. The van der Waals surface area contributed by atoms with Gasteiger partial charge >= 0.3 is 0 Å². The van der Waals surface area contributed by atoms with E-state index in [0.717, 1.165) is 0 Å². The van der Waals surface area contributed by atoms with E-state index >= 15 is 0 Å². The van der Waals surface area contributed by atoms with Crippen molar-refractivity contribution in [3.63, 3.8) is 0 Å². The molecule has 0 radical (unpaired) electrons. The van der Waals surface area contributed by atoms with Crippen LogP contribution in [-0.2, 0) is 9.59 Å². The van der Waals surface area contributed by atoms with Crippen LogP contribution in [0.2, 0.25) is 0 Å². The van der Waals surface area contributed by atoms with Gasteiger partial charge in [-0.3, -0.25) is 9.59 Å². The molecule has 13 heavy (non-hydrogen) atoms. The number of carbonyl (C=O) groups is 2. The van der Waals surface area contributed by atoms with Crippen LogP contribution in [0.3, 0.4) is 0 Å². The lowest BCUT2D eigenvalue weighted by atomic mass is 9.99. The van der Waals surface area contributed by atoms with E-state index in [1.54, 1.807) is 18.9 Å². The van der Waals surface area contributed by atoms with Crippen LogP contribution < -0.4 is 0 Å². The molecule has 0 fully saturated rings. The third-order valence-corrected chi connectivity index (χ3v) is 2.16. The molecule has 1 unspecified atom stereocenters. The maximum Gasteiger partial charge on any atom is 0.222 e. The summed E-state index contributed by atoms with van der Waals surface area (Å²) in [5.74, 6) is 0.256. The highest BCUT2D eigenvalue weighted by Gasteiger charge is 2.25. The standard InChI is InChI=1S/C10H19NO2/c1-6-9(13)11(5)10(7(2)3)8(4)12/h7,10H,6H2,1-5H3. The summed E-state index contributed by atoms with van der Waals surface area (Å²) in [7, 11) is 1.69. The highest BCUT2D eigenvalue weighted by molar-refractivity contribution is 5.87. The van der Waals surface area contributed by atoms with Crippen molar-refractivity contribution in [1.29, 1.82) is 0 Å². The maximum absolute atomic E-state index is 11.3. The first-order valence-corrected chi connectivity index (χ1v) is 4.67. The Kier molecular flexibility index (Phi) is 4.67. The van der Waals surface area contributed by atoms with Crippen molar-refractivity contribution in [2.24, 2.45) is 5.92 Å². The van der Waals surface area contributed by atoms with Crippen molar-refractivity contribution in [3.8, 4) is 0 Å². The molecule has 0 N–H and O–H groups in total. The molecule has 0 spiro atoms. The SMILES string of the molecule is CCC(=O)N(C)C(C(C)=O)C(C)C. The van der Waals surface area contributed by atoms with Gasteiger partial charge < -0.3 is 4.90 Å². The zero-order valence-corrected chi connectivity index (χ0v) is 9.13. The summed E-state index contributed by atoms with van der Waals surface area (Å²) in [6, 6.07) is -0.271. The minimum Gasteiger partial charge on any atom is -0.335 e. The molecule has 0 aromatic heterocycles. The molecule has 0 aromatic rings. The molecule has 0 saturated heterocycles. The average molecular weight is 185 g/mol. The van der Waals surface area contributed by atoms with E-state index in [9.17, 15) is 9.59 Å². The molecule has 0 rings (SSSR count). The number of amides is 1. The topological polar surface area (TPSA) is 37.4 Å². The van der Waals surface area contributed by atoms with E-state index in [4.69, 9.17) is 0 Å². The lowest BCUT2D eigenvalue weighted by molar-refractivity contribution is -0.138. The third kappa shape index (κ3) is 3.17. The number of hydrogen-bond acceptors (Lipinski definition) is 2. The zero-order valence-electron chi connectivity index (χ0n) is 9.13. The van der Waals surface area contributed by atoms with Gasteiger partial charge in [0.25, 0.3) is 0 Å². The van der Waals surface area contributed by atoms with E-state index in [1.807, 2.05) is 13.8 Å². The number of Topliss-reactive ketones (excluding diaryl/α,β-unsaturated/α-hetero) is 1. The Morgan fingerprint density at radius 2 is 1.77 bits per heavy atom. The Morgan fingerprint density at radius 1 is 1.31 bits per heavy atom. The number of likely N-dealkylation sites (N-methyl/N-ethyl adjacent to an activating group) is 1. The Labute approximate surface area is 80.1 Å². The Morgan fingerprint density at radius 3 is 2.00 bits per heavy atom. The summed E-state index contributed by atoms with van der Waals surface area (Å²) in [4.78, 5) is 24.1. The quantitative estimate of drug-likeness (QED) is 0.665. The molecule has 0 saturated carbocycles. The van der Waals surface area contributed by atoms with Crippen molar-refractivity contribution in [1.82, 2.24) is 4.90 Å². The number of hydrogen-bond donors (Lipinski definition) is 0. The second-order valence-corrected chi connectivity index (χ2v) is 3.66. The Bertz CT molecular complexity index is 199. The molecular formula is C10H19NO2. The van der Waals surface area contributed by atoms with E-state index < -0.39 is 0 Å². The second kappa shape index (κ2) is 5.00. The van der Waals surface area contributed by atoms with Crippen LogP contribution in [0, 0.1) is 5.92 Å². The van der Waals surface area contributed by atoms with E-state index in [2.05, 4.69) is 0 Å². The van der Waals surface area contributed by atoms with Crippen LogP contribution in [0.5, 0.6) is 0 Å². The highest BCUT2D eigenvalue weighted by Crippen LogP contribution is 2.11. The summed E-state index contributed by atoms with van der Waals surface area (Å²) >= 11 is 0. The molecule has 1 amide bonds. The average Bonchev–Trinajstić information content (AvgIpc) is 2.01. The Hall–Kier alpha value is -0.860. The molecule has 0 aliphatic carbocycles. The molecule has 0 aliphatic rings. The first-order valence-electron chi connectivity index (χ1n) is 4.67. The number of rotatable bonds is 4. The van der Waals surface area contributed by atoms with Gasteiger partial charge in [-0.1, -0.05) is 20.8 Å². The fourth-order valence-electron chi connectivity index (χ4n) is 1.59. The van der Waals surface area contributed by atoms with Gasteiger partial charge in [0.2, 0.25) is 5.91 Å². The van der Waals surface area contributed by atoms with Crippen molar-refractivity contribution in [3.05, 3.63) is 0 Å². The van der Waals surface area contributed by atoms with Gasteiger partial charge in [0.05, 0.1) is 6.04 Å². The van der Waals surface area contributed by atoms with Crippen molar-refractivity contribution in [2.45, 2.75) is 40.2 Å². The molecule has 0 aromatic carbocycles. The first-order chi connectivity index (χ1) is 5.91. The van der Waals surface area contributed by atoms with Gasteiger partial charge in [-0.2, -0.15) is 0 Å².